The van der Waals surface area contributed by atoms with E-state index in [9.17, 15) is 9.90 Å². The lowest BCUT2D eigenvalue weighted by Gasteiger charge is -2.06. The molecular weight excluding hydrogens is 420 g/mol. The van der Waals surface area contributed by atoms with Gasteiger partial charge in [-0.15, -0.1) is 0 Å². The van der Waals surface area contributed by atoms with E-state index in [0.717, 1.165) is 16.9 Å². The number of nitrogens with zero attached hydrogens (tertiary/aromatic N) is 2. The highest BCUT2D eigenvalue weighted by atomic mass is 16.5. The summed E-state index contributed by atoms with van der Waals surface area (Å²) < 4.78 is 10.8. The van der Waals surface area contributed by atoms with Crippen LogP contribution in [-0.4, -0.2) is 34.5 Å². The number of ether oxygens (including phenoxy) is 2. The van der Waals surface area contributed by atoms with Crippen LogP contribution >= 0.6 is 0 Å². The number of benzene rings is 3. The van der Waals surface area contributed by atoms with Crippen molar-refractivity contribution in [3.8, 4) is 28.5 Å². The van der Waals surface area contributed by atoms with Crippen LogP contribution < -0.4 is 14.9 Å². The monoisotopic (exact) mass is 442 g/mol. The van der Waals surface area contributed by atoms with Crippen molar-refractivity contribution in [2.75, 3.05) is 7.11 Å². The first-order chi connectivity index (χ1) is 16.1. The van der Waals surface area contributed by atoms with E-state index < -0.39 is 5.91 Å². The Kier molecular flexibility index (Phi) is 6.65. The quantitative estimate of drug-likeness (QED) is 0.281. The maximum atomic E-state index is 12.4. The van der Waals surface area contributed by atoms with Gasteiger partial charge in [0.25, 0.3) is 5.91 Å². The molecule has 4 aromatic rings. The minimum absolute atomic E-state index is 0.0574. The minimum Gasteiger partial charge on any atom is -0.504 e. The number of H-pyrrole nitrogens is 1. The van der Waals surface area contributed by atoms with Gasteiger partial charge < -0.3 is 14.6 Å². The highest BCUT2D eigenvalue weighted by Gasteiger charge is 2.11. The van der Waals surface area contributed by atoms with Gasteiger partial charge in [-0.3, -0.25) is 9.89 Å². The zero-order valence-corrected chi connectivity index (χ0v) is 17.9. The number of aromatic amines is 1. The van der Waals surface area contributed by atoms with Crippen LogP contribution in [0, 0.1) is 0 Å². The third-order valence-corrected chi connectivity index (χ3v) is 4.84. The largest absolute Gasteiger partial charge is 0.504 e. The number of phenols is 1. The first kappa shape index (κ1) is 21.6. The molecule has 166 valence electrons. The molecule has 0 aliphatic heterocycles. The minimum atomic E-state index is -0.463. The Labute approximate surface area is 190 Å². The first-order valence-electron chi connectivity index (χ1n) is 10.2. The van der Waals surface area contributed by atoms with Gasteiger partial charge in [-0.25, -0.2) is 5.43 Å². The Morgan fingerprint density at radius 3 is 2.64 bits per heavy atom. The van der Waals surface area contributed by atoms with Gasteiger partial charge in [0.2, 0.25) is 0 Å². The molecule has 1 aromatic heterocycles. The number of phenolic OH excluding ortho intramolecular Hbond substituents is 1. The summed E-state index contributed by atoms with van der Waals surface area (Å²) in [6.45, 7) is 0.487. The lowest BCUT2D eigenvalue weighted by molar-refractivity contribution is 0.0950. The zero-order chi connectivity index (χ0) is 23.0. The van der Waals surface area contributed by atoms with Gasteiger partial charge >= 0.3 is 0 Å². The number of rotatable bonds is 8. The number of hydrogen-bond donors (Lipinski definition) is 3. The van der Waals surface area contributed by atoms with Crippen molar-refractivity contribution in [3.05, 3.63) is 95.7 Å². The second-order valence-electron chi connectivity index (χ2n) is 7.06. The number of carbonyl (C=O) groups excluding carboxylic acids is 1. The summed E-state index contributed by atoms with van der Waals surface area (Å²) >= 11 is 0. The van der Waals surface area contributed by atoms with E-state index in [-0.39, 0.29) is 11.4 Å². The molecule has 0 atom stereocenters. The molecule has 33 heavy (non-hydrogen) atoms. The summed E-state index contributed by atoms with van der Waals surface area (Å²) in [6.07, 6.45) is 1.33. The van der Waals surface area contributed by atoms with Gasteiger partial charge in [0, 0.05) is 11.1 Å². The van der Waals surface area contributed by atoms with E-state index in [1.165, 1.54) is 13.3 Å². The Bertz CT molecular complexity index is 1250. The third-order valence-electron chi connectivity index (χ3n) is 4.84. The van der Waals surface area contributed by atoms with Crippen molar-refractivity contribution in [1.29, 1.82) is 0 Å². The summed E-state index contributed by atoms with van der Waals surface area (Å²) in [5.41, 5.74) is 5.61. The van der Waals surface area contributed by atoms with Crippen molar-refractivity contribution in [2.45, 2.75) is 6.61 Å². The summed E-state index contributed by atoms with van der Waals surface area (Å²) in [5.74, 6) is 0.541. The smallest absolute Gasteiger partial charge is 0.289 e. The highest BCUT2D eigenvalue weighted by molar-refractivity contribution is 5.94. The van der Waals surface area contributed by atoms with Crippen LogP contribution in [0.4, 0.5) is 0 Å². The molecule has 3 aromatic carbocycles. The Hall–Kier alpha value is -4.59. The van der Waals surface area contributed by atoms with E-state index in [1.54, 1.807) is 24.3 Å². The Balaban J connectivity index is 1.35. The fourth-order valence-electron chi connectivity index (χ4n) is 3.08. The lowest BCUT2D eigenvalue weighted by atomic mass is 10.1. The molecule has 8 nitrogen and oxygen atoms in total. The SMILES string of the molecule is COc1cccc(/C=N\NC(=O)c2cc(-c3ccc(OCc4ccccc4)cc3)n[nH]2)c1O. The van der Waals surface area contributed by atoms with Crippen LogP contribution in [-0.2, 0) is 6.61 Å². The summed E-state index contributed by atoms with van der Waals surface area (Å²) in [7, 11) is 1.46. The summed E-state index contributed by atoms with van der Waals surface area (Å²) in [4.78, 5) is 12.4. The number of para-hydroxylation sites is 1. The fraction of sp³-hybridized carbons (Fsp3) is 0.0800. The number of aromatic hydroxyl groups is 1. The van der Waals surface area contributed by atoms with Gasteiger partial charge in [-0.2, -0.15) is 10.2 Å². The van der Waals surface area contributed by atoms with Crippen LogP contribution in [0.15, 0.2) is 84.0 Å². The Morgan fingerprint density at radius 1 is 1.09 bits per heavy atom. The van der Waals surface area contributed by atoms with Crippen LogP contribution in [0.5, 0.6) is 17.2 Å². The van der Waals surface area contributed by atoms with Crippen molar-refractivity contribution in [3.63, 3.8) is 0 Å². The number of nitrogens with one attached hydrogen (secondary N) is 2. The molecule has 0 radical (unpaired) electrons. The molecule has 8 heteroatoms. The van der Waals surface area contributed by atoms with Crippen LogP contribution in [0.25, 0.3) is 11.3 Å². The number of methoxy groups -OCH3 is 1. The predicted octanol–water partition coefficient (Wildman–Crippen LogP) is 4.13. The van der Waals surface area contributed by atoms with Gasteiger partial charge in [0.1, 0.15) is 18.1 Å². The van der Waals surface area contributed by atoms with Gasteiger partial charge in [0.05, 0.1) is 19.0 Å². The zero-order valence-electron chi connectivity index (χ0n) is 17.9. The molecule has 3 N–H and O–H groups in total. The summed E-state index contributed by atoms with van der Waals surface area (Å²) in [5, 5.41) is 20.9. The maximum Gasteiger partial charge on any atom is 0.289 e. The topological polar surface area (TPSA) is 109 Å². The van der Waals surface area contributed by atoms with Crippen molar-refractivity contribution >= 4 is 12.1 Å². The first-order valence-corrected chi connectivity index (χ1v) is 10.2. The number of carbonyl (C=O) groups is 1. The molecule has 0 fully saturated rings. The van der Waals surface area contributed by atoms with E-state index in [2.05, 4.69) is 20.7 Å². The molecule has 1 amide bonds. The maximum absolute atomic E-state index is 12.4. The van der Waals surface area contributed by atoms with Crippen LogP contribution in [0.1, 0.15) is 21.6 Å². The molecule has 0 saturated carbocycles. The molecule has 0 aliphatic rings. The van der Waals surface area contributed by atoms with Gasteiger partial charge in [0.15, 0.2) is 11.5 Å². The van der Waals surface area contributed by atoms with E-state index in [1.807, 2.05) is 54.6 Å². The standard InChI is InChI=1S/C25H22N4O4/c1-32-23-9-5-8-19(24(23)30)15-26-29-25(31)22-14-21(27-28-22)18-10-12-20(13-11-18)33-16-17-6-3-2-4-7-17/h2-15,30H,16H2,1H3,(H,27,28)(H,29,31)/b26-15-. The van der Waals surface area contributed by atoms with E-state index >= 15 is 0 Å². The molecule has 0 saturated heterocycles. The van der Waals surface area contributed by atoms with Crippen molar-refractivity contribution < 1.29 is 19.4 Å². The number of aromatic nitrogens is 2. The molecule has 4 rings (SSSR count). The average molecular weight is 442 g/mol. The average Bonchev–Trinajstić information content (AvgIpc) is 3.35. The van der Waals surface area contributed by atoms with E-state index in [4.69, 9.17) is 9.47 Å². The van der Waals surface area contributed by atoms with Crippen molar-refractivity contribution in [1.82, 2.24) is 15.6 Å². The third kappa shape index (κ3) is 5.37. The van der Waals surface area contributed by atoms with Gasteiger partial charge in [-0.1, -0.05) is 36.4 Å². The predicted molar refractivity (Wildman–Crippen MR) is 125 cm³/mol. The molecular formula is C25H22N4O4. The molecule has 0 unspecified atom stereocenters. The number of hydrazone groups is 1. The lowest BCUT2D eigenvalue weighted by Crippen LogP contribution is -2.18. The fourth-order valence-corrected chi connectivity index (χ4v) is 3.08. The number of amides is 1. The molecule has 0 bridgehead atoms. The number of hydrogen-bond acceptors (Lipinski definition) is 6. The summed E-state index contributed by atoms with van der Waals surface area (Å²) in [6, 6.07) is 24.0. The molecule has 1 heterocycles. The van der Waals surface area contributed by atoms with E-state index in [0.29, 0.717) is 23.6 Å². The van der Waals surface area contributed by atoms with Gasteiger partial charge in [-0.05, 0) is 48.0 Å². The van der Waals surface area contributed by atoms with Crippen LogP contribution in [0.3, 0.4) is 0 Å². The second kappa shape index (κ2) is 10.1. The second-order valence-corrected chi connectivity index (χ2v) is 7.06. The molecule has 0 aliphatic carbocycles. The van der Waals surface area contributed by atoms with Crippen molar-refractivity contribution in [2.24, 2.45) is 5.10 Å². The van der Waals surface area contributed by atoms with Crippen LogP contribution in [0.2, 0.25) is 0 Å². The highest BCUT2D eigenvalue weighted by Crippen LogP contribution is 2.28. The normalized spacial score (nSPS) is 10.8. The molecule has 0 spiro atoms. The Morgan fingerprint density at radius 2 is 1.88 bits per heavy atom.